The zero-order valence-electron chi connectivity index (χ0n) is 15.6. The Bertz CT molecular complexity index is 1120. The highest BCUT2D eigenvalue weighted by Gasteiger charge is 2.44. The lowest BCUT2D eigenvalue weighted by Gasteiger charge is -2.39. The van der Waals surface area contributed by atoms with Crippen molar-refractivity contribution in [3.05, 3.63) is 58.1 Å². The summed E-state index contributed by atoms with van der Waals surface area (Å²) in [5.74, 6) is 0.316. The quantitative estimate of drug-likeness (QED) is 0.712. The van der Waals surface area contributed by atoms with Gasteiger partial charge in [-0.05, 0) is 43.2 Å². The molecule has 0 atom stereocenters. The first-order valence-corrected chi connectivity index (χ1v) is 9.77. The molecule has 1 amide bonds. The minimum absolute atomic E-state index is 0.114. The van der Waals surface area contributed by atoms with Gasteiger partial charge >= 0.3 is 0 Å². The van der Waals surface area contributed by atoms with E-state index in [1.165, 1.54) is 0 Å². The van der Waals surface area contributed by atoms with E-state index < -0.39 is 0 Å². The van der Waals surface area contributed by atoms with E-state index >= 15 is 0 Å². The number of carbonyl (C=O) groups is 1. The van der Waals surface area contributed by atoms with Gasteiger partial charge in [0.2, 0.25) is 11.9 Å². The molecular weight excluding hydrogens is 354 g/mol. The Hall–Kier alpha value is -3.09. The van der Waals surface area contributed by atoms with Crippen molar-refractivity contribution in [2.45, 2.75) is 37.6 Å². The molecule has 1 fully saturated rings. The summed E-state index contributed by atoms with van der Waals surface area (Å²) in [6.07, 6.45) is 5.27. The zero-order valence-corrected chi connectivity index (χ0v) is 15.6. The van der Waals surface area contributed by atoms with E-state index in [9.17, 15) is 9.59 Å². The molecule has 1 aliphatic heterocycles. The van der Waals surface area contributed by atoms with Gasteiger partial charge in [-0.3, -0.25) is 14.6 Å². The van der Waals surface area contributed by atoms with Crippen LogP contribution in [-0.4, -0.2) is 38.4 Å². The maximum Gasteiger partial charge on any atom is 0.255 e. The highest BCUT2D eigenvalue weighted by molar-refractivity contribution is 5.83. The number of nitrogens with two attached hydrogens (primary N) is 1. The average molecular weight is 377 g/mol. The first-order valence-electron chi connectivity index (χ1n) is 9.77. The summed E-state index contributed by atoms with van der Waals surface area (Å²) >= 11 is 0. The molecule has 1 spiro atoms. The molecule has 0 bridgehead atoms. The molecule has 1 saturated heterocycles. The number of nitrogens with zero attached hydrogens (tertiary/aromatic N) is 3. The van der Waals surface area contributed by atoms with E-state index in [0.717, 1.165) is 47.8 Å². The number of nitrogen functional groups attached to an aromatic ring is 1. The first-order chi connectivity index (χ1) is 13.6. The molecular formula is C21H23N5O2. The fourth-order valence-corrected chi connectivity index (χ4v) is 4.86. The zero-order chi connectivity index (χ0) is 19.3. The van der Waals surface area contributed by atoms with Crippen LogP contribution in [0.4, 0.5) is 5.95 Å². The molecule has 1 aliphatic carbocycles. The van der Waals surface area contributed by atoms with E-state index in [2.05, 4.69) is 16.0 Å². The van der Waals surface area contributed by atoms with Gasteiger partial charge in [0.1, 0.15) is 6.54 Å². The van der Waals surface area contributed by atoms with Crippen molar-refractivity contribution in [3.63, 3.8) is 0 Å². The Kier molecular flexibility index (Phi) is 3.79. The Balaban J connectivity index is 1.32. The number of H-pyrrole nitrogens is 1. The van der Waals surface area contributed by atoms with Crippen molar-refractivity contribution in [1.82, 2.24) is 19.4 Å². The molecule has 1 aromatic carbocycles. The van der Waals surface area contributed by atoms with Crippen LogP contribution in [0, 0.1) is 0 Å². The Morgan fingerprint density at radius 1 is 1.18 bits per heavy atom. The largest absolute Gasteiger partial charge is 0.369 e. The van der Waals surface area contributed by atoms with Crippen molar-refractivity contribution >= 4 is 22.8 Å². The van der Waals surface area contributed by atoms with Gasteiger partial charge in [0.05, 0.1) is 5.69 Å². The van der Waals surface area contributed by atoms with E-state index in [1.54, 1.807) is 0 Å². The molecule has 0 saturated carbocycles. The van der Waals surface area contributed by atoms with Gasteiger partial charge in [-0.15, -0.1) is 0 Å². The lowest BCUT2D eigenvalue weighted by atomic mass is 9.76. The van der Waals surface area contributed by atoms with Crippen LogP contribution in [0.2, 0.25) is 0 Å². The molecule has 2 aromatic heterocycles. The molecule has 3 N–H and O–H groups in total. The van der Waals surface area contributed by atoms with Crippen molar-refractivity contribution in [1.29, 1.82) is 0 Å². The standard InChI is InChI=1S/C21H23N5O2/c22-20-23-18-15(19(28)24-20)5-7-21(18)8-11-25(12-9-21)17(27)13-26-10-6-14-3-1-2-4-16(14)26/h1-4,6,10H,5,7-9,11-13H2,(H3,22,23,24,28). The second kappa shape index (κ2) is 6.22. The SMILES string of the molecule is Nc1nc2c(c(=O)[nH]1)CCC21CCN(C(=O)Cn2ccc3ccccc32)CC1. The van der Waals surface area contributed by atoms with E-state index in [1.807, 2.05) is 39.9 Å². The number of benzene rings is 1. The van der Waals surface area contributed by atoms with Crippen LogP contribution in [0.25, 0.3) is 10.9 Å². The number of fused-ring (bicyclic) bond motifs is 3. The average Bonchev–Trinajstić information content (AvgIpc) is 3.25. The third kappa shape index (κ3) is 2.61. The first kappa shape index (κ1) is 17.0. The van der Waals surface area contributed by atoms with Crippen molar-refractivity contribution in [3.8, 4) is 0 Å². The number of nitrogens with one attached hydrogen (secondary N) is 1. The fourth-order valence-electron chi connectivity index (χ4n) is 4.86. The smallest absolute Gasteiger partial charge is 0.255 e. The molecule has 3 heterocycles. The third-order valence-electron chi connectivity index (χ3n) is 6.45. The molecule has 5 rings (SSSR count). The highest BCUT2D eigenvalue weighted by atomic mass is 16.2. The summed E-state index contributed by atoms with van der Waals surface area (Å²) in [5, 5.41) is 1.14. The fraction of sp³-hybridized carbons (Fsp3) is 0.381. The number of aromatic amines is 1. The van der Waals surface area contributed by atoms with Gasteiger partial charge in [-0.25, -0.2) is 4.98 Å². The predicted octanol–water partition coefficient (Wildman–Crippen LogP) is 1.81. The van der Waals surface area contributed by atoms with Crippen LogP contribution >= 0.6 is 0 Å². The number of para-hydroxylation sites is 1. The van der Waals surface area contributed by atoms with Crippen molar-refractivity contribution < 1.29 is 4.79 Å². The molecule has 7 nitrogen and oxygen atoms in total. The number of hydrogen-bond acceptors (Lipinski definition) is 4. The Morgan fingerprint density at radius 2 is 1.96 bits per heavy atom. The summed E-state index contributed by atoms with van der Waals surface area (Å²) in [6.45, 7) is 1.72. The minimum atomic E-state index is -0.116. The van der Waals surface area contributed by atoms with Gasteiger partial charge in [-0.2, -0.15) is 0 Å². The minimum Gasteiger partial charge on any atom is -0.369 e. The van der Waals surface area contributed by atoms with Gasteiger partial charge in [-0.1, -0.05) is 18.2 Å². The summed E-state index contributed by atoms with van der Waals surface area (Å²) < 4.78 is 2.01. The highest BCUT2D eigenvalue weighted by Crippen LogP contribution is 2.44. The predicted molar refractivity (Wildman–Crippen MR) is 107 cm³/mol. The number of amides is 1. The summed E-state index contributed by atoms with van der Waals surface area (Å²) in [7, 11) is 0. The van der Waals surface area contributed by atoms with E-state index in [0.29, 0.717) is 19.6 Å². The lowest BCUT2D eigenvalue weighted by molar-refractivity contribution is -0.133. The van der Waals surface area contributed by atoms with Crippen LogP contribution in [0.5, 0.6) is 0 Å². The third-order valence-corrected chi connectivity index (χ3v) is 6.45. The summed E-state index contributed by atoms with van der Waals surface area (Å²) in [6, 6.07) is 10.1. The Labute approximate surface area is 162 Å². The number of hydrogen-bond donors (Lipinski definition) is 2. The molecule has 144 valence electrons. The Morgan fingerprint density at radius 3 is 2.79 bits per heavy atom. The second-order valence-corrected chi connectivity index (χ2v) is 7.94. The molecule has 2 aliphatic rings. The second-order valence-electron chi connectivity index (χ2n) is 7.94. The van der Waals surface area contributed by atoms with Crippen LogP contribution in [0.15, 0.2) is 41.3 Å². The van der Waals surface area contributed by atoms with Gasteiger partial charge < -0.3 is 15.2 Å². The van der Waals surface area contributed by atoms with Gasteiger partial charge in [0, 0.05) is 35.8 Å². The van der Waals surface area contributed by atoms with Crippen molar-refractivity contribution in [2.24, 2.45) is 0 Å². The van der Waals surface area contributed by atoms with Crippen LogP contribution in [0.1, 0.15) is 30.5 Å². The lowest BCUT2D eigenvalue weighted by Crippen LogP contribution is -2.45. The van der Waals surface area contributed by atoms with E-state index in [4.69, 9.17) is 5.73 Å². The van der Waals surface area contributed by atoms with Crippen LogP contribution < -0.4 is 11.3 Å². The van der Waals surface area contributed by atoms with Crippen molar-refractivity contribution in [2.75, 3.05) is 18.8 Å². The summed E-state index contributed by atoms with van der Waals surface area (Å²) in [5.41, 5.74) is 8.26. The number of rotatable bonds is 2. The molecule has 28 heavy (non-hydrogen) atoms. The maximum atomic E-state index is 12.9. The normalized spacial score (nSPS) is 17.9. The molecule has 7 heteroatoms. The molecule has 0 radical (unpaired) electrons. The van der Waals surface area contributed by atoms with Crippen LogP contribution in [-0.2, 0) is 23.2 Å². The molecule has 3 aromatic rings. The van der Waals surface area contributed by atoms with Gasteiger partial charge in [0.25, 0.3) is 5.56 Å². The number of aromatic nitrogens is 3. The number of carbonyl (C=O) groups excluding carboxylic acids is 1. The topological polar surface area (TPSA) is 97.0 Å². The number of piperidine rings is 1. The molecule has 0 unspecified atom stereocenters. The van der Waals surface area contributed by atoms with E-state index in [-0.39, 0.29) is 22.8 Å². The van der Waals surface area contributed by atoms with Gasteiger partial charge in [0.15, 0.2) is 0 Å². The maximum absolute atomic E-state index is 12.9. The van der Waals surface area contributed by atoms with Crippen LogP contribution in [0.3, 0.4) is 0 Å². The summed E-state index contributed by atoms with van der Waals surface area (Å²) in [4.78, 5) is 34.1. The number of anilines is 1. The monoisotopic (exact) mass is 377 g/mol. The number of likely N-dealkylation sites (tertiary alicyclic amines) is 1.